The van der Waals surface area contributed by atoms with Gasteiger partial charge in [-0.15, -0.1) is 0 Å². The van der Waals surface area contributed by atoms with Crippen molar-refractivity contribution in [2.75, 3.05) is 5.43 Å². The third-order valence-corrected chi connectivity index (χ3v) is 3.69. The molecule has 3 aromatic carbocycles. The van der Waals surface area contributed by atoms with Gasteiger partial charge in [-0.25, -0.2) is 4.79 Å². The predicted octanol–water partition coefficient (Wildman–Crippen LogP) is 4.41. The van der Waals surface area contributed by atoms with E-state index in [-0.39, 0.29) is 5.56 Å². The minimum atomic E-state index is -0.954. The third-order valence-electron chi connectivity index (χ3n) is 3.69. The van der Waals surface area contributed by atoms with Crippen LogP contribution < -0.4 is 10.2 Å². The van der Waals surface area contributed by atoms with Crippen LogP contribution in [0.15, 0.2) is 84.0 Å². The molecule has 0 fully saturated rings. The molecular weight excluding hydrogens is 328 g/mol. The zero-order valence-electron chi connectivity index (χ0n) is 14.0. The fourth-order valence-electron chi connectivity index (χ4n) is 2.32. The molecule has 0 spiro atoms. The van der Waals surface area contributed by atoms with E-state index in [1.165, 1.54) is 12.1 Å². The highest BCUT2D eigenvalue weighted by Crippen LogP contribution is 2.18. The molecule has 0 atom stereocenters. The van der Waals surface area contributed by atoms with Crippen LogP contribution in [0, 0.1) is 0 Å². The Balaban J connectivity index is 1.64. The van der Waals surface area contributed by atoms with Crippen molar-refractivity contribution in [2.45, 2.75) is 6.61 Å². The number of ether oxygens (including phenoxy) is 1. The number of aromatic carboxylic acids is 1. The molecule has 0 saturated carbocycles. The van der Waals surface area contributed by atoms with Crippen molar-refractivity contribution in [1.29, 1.82) is 0 Å². The Hall–Kier alpha value is -3.60. The summed E-state index contributed by atoms with van der Waals surface area (Å²) < 4.78 is 5.88. The second-order valence-corrected chi connectivity index (χ2v) is 5.56. The Morgan fingerprint density at radius 1 is 0.962 bits per heavy atom. The molecule has 130 valence electrons. The number of hydrogen-bond acceptors (Lipinski definition) is 4. The molecule has 2 N–H and O–H groups in total. The van der Waals surface area contributed by atoms with Gasteiger partial charge in [0.2, 0.25) is 0 Å². The number of carboxylic acid groups (broad SMARTS) is 1. The lowest BCUT2D eigenvalue weighted by Gasteiger charge is -2.09. The average Bonchev–Trinajstić information content (AvgIpc) is 2.68. The van der Waals surface area contributed by atoms with Crippen LogP contribution in [-0.2, 0) is 6.61 Å². The number of hydrazone groups is 1. The number of nitrogens with one attached hydrogen (secondary N) is 1. The summed E-state index contributed by atoms with van der Waals surface area (Å²) >= 11 is 0. The molecule has 0 unspecified atom stereocenters. The number of para-hydroxylation sites is 1. The van der Waals surface area contributed by atoms with Gasteiger partial charge in [0.15, 0.2) is 0 Å². The van der Waals surface area contributed by atoms with E-state index in [1.54, 1.807) is 18.3 Å². The first-order valence-corrected chi connectivity index (χ1v) is 8.10. The SMILES string of the molecule is O=C(O)c1ccc(NN=Cc2ccccc2OCc2ccccc2)cc1. The molecule has 0 radical (unpaired) electrons. The third kappa shape index (κ3) is 4.70. The first-order chi connectivity index (χ1) is 12.7. The van der Waals surface area contributed by atoms with Crippen LogP contribution in [0.1, 0.15) is 21.5 Å². The molecule has 3 aromatic rings. The average molecular weight is 346 g/mol. The summed E-state index contributed by atoms with van der Waals surface area (Å²) in [6.07, 6.45) is 1.67. The van der Waals surface area contributed by atoms with E-state index < -0.39 is 5.97 Å². The second kappa shape index (κ2) is 8.48. The van der Waals surface area contributed by atoms with Crippen molar-refractivity contribution < 1.29 is 14.6 Å². The van der Waals surface area contributed by atoms with E-state index in [0.29, 0.717) is 12.3 Å². The maximum absolute atomic E-state index is 10.8. The molecule has 0 aliphatic heterocycles. The summed E-state index contributed by atoms with van der Waals surface area (Å²) in [7, 11) is 0. The van der Waals surface area contributed by atoms with Gasteiger partial charge in [0.25, 0.3) is 0 Å². The van der Waals surface area contributed by atoms with Crippen molar-refractivity contribution in [3.63, 3.8) is 0 Å². The highest BCUT2D eigenvalue weighted by Gasteiger charge is 2.02. The molecule has 26 heavy (non-hydrogen) atoms. The van der Waals surface area contributed by atoms with Crippen molar-refractivity contribution in [2.24, 2.45) is 5.10 Å². The lowest BCUT2D eigenvalue weighted by Crippen LogP contribution is -1.99. The molecular formula is C21H18N2O3. The van der Waals surface area contributed by atoms with E-state index in [9.17, 15) is 4.79 Å². The van der Waals surface area contributed by atoms with Crippen LogP contribution in [0.25, 0.3) is 0 Å². The fraction of sp³-hybridized carbons (Fsp3) is 0.0476. The lowest BCUT2D eigenvalue weighted by molar-refractivity contribution is 0.0697. The minimum absolute atomic E-state index is 0.235. The number of carbonyl (C=O) groups is 1. The largest absolute Gasteiger partial charge is 0.488 e. The smallest absolute Gasteiger partial charge is 0.335 e. The van der Waals surface area contributed by atoms with Gasteiger partial charge in [-0.05, 0) is 42.0 Å². The number of benzene rings is 3. The topological polar surface area (TPSA) is 70.9 Å². The van der Waals surface area contributed by atoms with Gasteiger partial charge in [0, 0.05) is 5.56 Å². The van der Waals surface area contributed by atoms with Crippen LogP contribution in [0.4, 0.5) is 5.69 Å². The Morgan fingerprint density at radius 2 is 1.65 bits per heavy atom. The van der Waals surface area contributed by atoms with Crippen LogP contribution in [0.2, 0.25) is 0 Å². The first kappa shape index (κ1) is 17.2. The zero-order chi connectivity index (χ0) is 18.2. The van der Waals surface area contributed by atoms with Gasteiger partial charge in [0.05, 0.1) is 17.5 Å². The second-order valence-electron chi connectivity index (χ2n) is 5.56. The molecule has 0 saturated heterocycles. The molecule has 0 amide bonds. The maximum atomic E-state index is 10.8. The van der Waals surface area contributed by atoms with Crippen LogP contribution >= 0.6 is 0 Å². The van der Waals surface area contributed by atoms with Gasteiger partial charge >= 0.3 is 5.97 Å². The Labute approximate surface area is 151 Å². The molecule has 0 aromatic heterocycles. The number of rotatable bonds is 7. The van der Waals surface area contributed by atoms with Gasteiger partial charge < -0.3 is 9.84 Å². The van der Waals surface area contributed by atoms with Crippen molar-refractivity contribution in [1.82, 2.24) is 0 Å². The van der Waals surface area contributed by atoms with Crippen LogP contribution in [0.3, 0.4) is 0 Å². The number of carboxylic acids is 1. The van der Waals surface area contributed by atoms with Crippen molar-refractivity contribution in [3.05, 3.63) is 95.6 Å². The number of anilines is 1. The molecule has 0 heterocycles. The Bertz CT molecular complexity index is 891. The van der Waals surface area contributed by atoms with Crippen LogP contribution in [0.5, 0.6) is 5.75 Å². The maximum Gasteiger partial charge on any atom is 0.335 e. The van der Waals surface area contributed by atoms with E-state index in [4.69, 9.17) is 9.84 Å². The first-order valence-electron chi connectivity index (χ1n) is 8.10. The summed E-state index contributed by atoms with van der Waals surface area (Å²) in [6, 6.07) is 24.0. The summed E-state index contributed by atoms with van der Waals surface area (Å²) in [4.78, 5) is 10.8. The normalized spacial score (nSPS) is 10.6. The monoisotopic (exact) mass is 346 g/mol. The zero-order valence-corrected chi connectivity index (χ0v) is 14.0. The summed E-state index contributed by atoms with van der Waals surface area (Å²) in [5, 5.41) is 13.1. The van der Waals surface area contributed by atoms with Gasteiger partial charge in [-0.2, -0.15) is 5.10 Å². The molecule has 0 bridgehead atoms. The molecule has 3 rings (SSSR count). The van der Waals surface area contributed by atoms with E-state index in [0.717, 1.165) is 16.9 Å². The Kier molecular flexibility index (Phi) is 5.62. The molecule has 0 aliphatic rings. The van der Waals surface area contributed by atoms with E-state index in [1.807, 2.05) is 54.6 Å². The standard InChI is InChI=1S/C21H18N2O3/c24-21(25)17-10-12-19(13-11-17)23-22-14-18-8-4-5-9-20(18)26-15-16-6-2-1-3-7-16/h1-14,23H,15H2,(H,24,25). The van der Waals surface area contributed by atoms with Crippen LogP contribution in [-0.4, -0.2) is 17.3 Å². The van der Waals surface area contributed by atoms with Crippen molar-refractivity contribution in [3.8, 4) is 5.75 Å². The summed E-state index contributed by atoms with van der Waals surface area (Å²) in [6.45, 7) is 0.482. The minimum Gasteiger partial charge on any atom is -0.488 e. The van der Waals surface area contributed by atoms with Gasteiger partial charge in [-0.1, -0.05) is 42.5 Å². The van der Waals surface area contributed by atoms with Gasteiger partial charge in [0.1, 0.15) is 12.4 Å². The molecule has 0 aliphatic carbocycles. The Morgan fingerprint density at radius 3 is 2.38 bits per heavy atom. The molecule has 5 heteroatoms. The predicted molar refractivity (Wildman–Crippen MR) is 102 cm³/mol. The quantitative estimate of drug-likeness (QED) is 0.491. The summed E-state index contributed by atoms with van der Waals surface area (Å²) in [5.74, 6) is -0.215. The summed E-state index contributed by atoms with van der Waals surface area (Å²) in [5.41, 5.74) is 5.76. The van der Waals surface area contributed by atoms with E-state index in [2.05, 4.69) is 10.5 Å². The highest BCUT2D eigenvalue weighted by molar-refractivity contribution is 5.88. The number of hydrogen-bond donors (Lipinski definition) is 2. The van der Waals surface area contributed by atoms with Gasteiger partial charge in [-0.3, -0.25) is 5.43 Å². The number of nitrogens with zero attached hydrogens (tertiary/aromatic N) is 1. The van der Waals surface area contributed by atoms with E-state index >= 15 is 0 Å². The lowest BCUT2D eigenvalue weighted by atomic mass is 10.2. The van der Waals surface area contributed by atoms with Crippen molar-refractivity contribution >= 4 is 17.9 Å². The molecule has 5 nitrogen and oxygen atoms in total. The fourth-order valence-corrected chi connectivity index (χ4v) is 2.32. The highest BCUT2D eigenvalue weighted by atomic mass is 16.5.